The quantitative estimate of drug-likeness (QED) is 0.0368. The zero-order chi connectivity index (χ0) is 86.9. The molecular weight excluding hydrogens is 1580 g/mol. The summed E-state index contributed by atoms with van der Waals surface area (Å²) in [6.07, 6.45) is 7.49. The number of likely N-dealkylation sites (N-methyl/N-ethyl adjacent to an activating group) is 2. The van der Waals surface area contributed by atoms with Gasteiger partial charge in [0.05, 0.1) is 5.60 Å². The Morgan fingerprint density at radius 1 is 0.463 bits per heavy atom. The van der Waals surface area contributed by atoms with Gasteiger partial charge in [0.1, 0.15) is 47.7 Å². The third-order valence-corrected chi connectivity index (χ3v) is 26.5. The first kappa shape index (κ1) is 86.7. The van der Waals surface area contributed by atoms with Crippen LogP contribution >= 0.6 is 0 Å². The number of pyridine rings is 3. The van der Waals surface area contributed by atoms with Crippen LogP contribution in [0, 0.1) is 11.8 Å². The topological polar surface area (TPSA) is 255 Å². The van der Waals surface area contributed by atoms with Crippen molar-refractivity contribution in [3.63, 3.8) is 0 Å². The van der Waals surface area contributed by atoms with E-state index in [0.717, 1.165) is 136 Å². The molecule has 9 aromatic rings. The Labute approximate surface area is 713 Å². The van der Waals surface area contributed by atoms with E-state index in [1.807, 2.05) is 50.4 Å². The molecule has 9 heterocycles. The Hall–Kier alpha value is -9.79. The van der Waals surface area contributed by atoms with Crippen molar-refractivity contribution < 1.29 is 50.2 Å². The highest BCUT2D eigenvalue weighted by Crippen LogP contribution is 2.61. The molecule has 3 aliphatic heterocycles. The summed E-state index contributed by atoms with van der Waals surface area (Å²) in [5.74, 6) is -5.94. The number of hydrogen-bond acceptors (Lipinski definition) is 18. The number of hydrogen-bond donors (Lipinski definition) is 4. The van der Waals surface area contributed by atoms with Crippen LogP contribution in [0.1, 0.15) is 235 Å². The van der Waals surface area contributed by atoms with Gasteiger partial charge in [0, 0.05) is 225 Å². The van der Waals surface area contributed by atoms with Gasteiger partial charge in [0.2, 0.25) is 17.8 Å². The average molecular weight is 1700 g/mol. The Kier molecular flexibility index (Phi) is 24.2. The fourth-order valence-corrected chi connectivity index (χ4v) is 19.4. The van der Waals surface area contributed by atoms with Crippen LogP contribution in [0.5, 0.6) is 0 Å². The minimum Gasteiger partial charge on any atom is -0.388 e. The molecule has 2 unspecified atom stereocenters. The molecule has 6 aromatic heterocycles. The second-order valence-corrected chi connectivity index (χ2v) is 38.1. The highest BCUT2D eigenvalue weighted by Gasteiger charge is 2.63. The fraction of sp³-hybridized carbons (Fsp3) is 0.543. The summed E-state index contributed by atoms with van der Waals surface area (Å²) >= 11 is 0. The lowest BCUT2D eigenvalue weighted by atomic mass is 9.59. The van der Waals surface area contributed by atoms with Crippen LogP contribution in [-0.2, 0) is 69.9 Å². The molecule has 0 bridgehead atoms. The predicted octanol–water partition coefficient (Wildman–Crippen LogP) is 14.3. The van der Waals surface area contributed by atoms with Crippen LogP contribution in [0.2, 0.25) is 0 Å². The number of aliphatic hydroxyl groups is 1. The molecule has 3 saturated heterocycles. The summed E-state index contributed by atoms with van der Waals surface area (Å²) < 4.78 is 106. The fourth-order valence-electron chi connectivity index (χ4n) is 19.4. The van der Waals surface area contributed by atoms with E-state index in [1.165, 1.54) is 10.9 Å². The number of nitrogens with zero attached hydrogens (tertiary/aromatic N) is 17. The maximum absolute atomic E-state index is 15.9. The number of alkyl halides is 7. The van der Waals surface area contributed by atoms with E-state index in [2.05, 4.69) is 136 Å². The largest absolute Gasteiger partial charge is 0.388 e. The van der Waals surface area contributed by atoms with Gasteiger partial charge in [-0.15, -0.1) is 30.6 Å². The monoisotopic (exact) mass is 1690 g/mol. The van der Waals surface area contributed by atoms with Gasteiger partial charge in [0.25, 0.3) is 17.7 Å². The van der Waals surface area contributed by atoms with Crippen molar-refractivity contribution in [2.75, 3.05) is 82.4 Å². The molecule has 9 aliphatic rings. The van der Waals surface area contributed by atoms with E-state index in [4.69, 9.17) is 9.97 Å². The van der Waals surface area contributed by atoms with Gasteiger partial charge >= 0.3 is 0 Å². The summed E-state index contributed by atoms with van der Waals surface area (Å²) in [7, 11) is 9.55. The van der Waals surface area contributed by atoms with Crippen LogP contribution in [0.4, 0.5) is 47.8 Å². The normalized spacial score (nSPS) is 22.1. The summed E-state index contributed by atoms with van der Waals surface area (Å²) in [6.45, 7) is 20.2. The van der Waals surface area contributed by atoms with E-state index in [1.54, 1.807) is 90.5 Å². The Morgan fingerprint density at radius 3 is 1.15 bits per heavy atom. The van der Waals surface area contributed by atoms with Crippen LogP contribution in [0.15, 0.2) is 128 Å². The third kappa shape index (κ3) is 20.0. The third-order valence-electron chi connectivity index (χ3n) is 26.5. The standard InChI is InChI=1S/C32H40F3N7O.C32H41F2N7O.C28H32F2N6O2/c1-20(2)27-16-40(3)10-11-42(27)15-21-12-25(22-8-9-22)38-26(13-21)30(43)37-24-7-5-6-23(14-24)31(17-32(34,35)18-31)28(33)29-39-36-19-41(29)4;1-21(2)28-17-39(3)10-11-41(28)16-22-12-26(23-8-9-23)37-27(13-22)30(42)36-25-7-5-6-24(14-25)31(18-32(33,34)19-31)15-29-38-35-20-40(29)4;1-26(38)15-36(16-26)12-18-8-22(19-6-7-19)33-23(9-18)25(37)32-21-5-3-4-20(10-21)27(13-28(29,30)14-27)11-24-34-31-17-35(24)2/h5-7,12-14,19-20,22,27-28H,8-11,15-18H2,1-4H3,(H,37,43);5-7,12-14,20-21,23,28H,8-11,15-19H2,1-4H3,(H,36,42);3-5,8-10,17,19,38H,6-7,11-16H2,1-2H3,(H,32,37)/t27?,28-;;/m0../s1. The maximum Gasteiger partial charge on any atom is 0.274 e. The minimum absolute atomic E-state index is 0.00128. The maximum atomic E-state index is 15.9. The number of aryl methyl sites for hydroxylation is 3. The molecule has 654 valence electrons. The number of aromatic nitrogens is 12. The minimum atomic E-state index is -2.98. The first-order chi connectivity index (χ1) is 58.4. The highest BCUT2D eigenvalue weighted by atomic mass is 19.3. The molecule has 0 spiro atoms. The van der Waals surface area contributed by atoms with E-state index in [9.17, 15) is 45.8 Å². The number of amides is 3. The second-order valence-electron chi connectivity index (χ2n) is 38.1. The lowest BCUT2D eigenvalue weighted by Gasteiger charge is -2.49. The highest BCUT2D eigenvalue weighted by molar-refractivity contribution is 6.04. The van der Waals surface area contributed by atoms with Gasteiger partial charge in [-0.2, -0.15) is 0 Å². The van der Waals surface area contributed by atoms with Gasteiger partial charge in [0.15, 0.2) is 12.0 Å². The Bertz CT molecular complexity index is 5320. The predicted molar refractivity (Wildman–Crippen MR) is 453 cm³/mol. The lowest BCUT2D eigenvalue weighted by molar-refractivity contribution is -0.151. The van der Waals surface area contributed by atoms with Gasteiger partial charge in [-0.3, -0.25) is 29.1 Å². The van der Waals surface area contributed by atoms with E-state index >= 15 is 4.39 Å². The summed E-state index contributed by atoms with van der Waals surface area (Å²) in [5, 5.41) is 42.6. The van der Waals surface area contributed by atoms with Crippen molar-refractivity contribution in [3.8, 4) is 0 Å². The van der Waals surface area contributed by atoms with Gasteiger partial charge in [-0.05, 0) is 178 Å². The molecule has 4 N–H and O–H groups in total. The van der Waals surface area contributed by atoms with E-state index in [0.29, 0.717) is 126 Å². The lowest BCUT2D eigenvalue weighted by Crippen LogP contribution is -2.59. The molecule has 0 radical (unpaired) electrons. The number of anilines is 3. The molecular formula is C92H113F7N20O4. The molecule has 6 aliphatic carbocycles. The van der Waals surface area contributed by atoms with Crippen molar-refractivity contribution in [2.24, 2.45) is 33.0 Å². The number of piperazine rings is 2. The molecule has 9 fully saturated rings. The molecule has 31 heteroatoms. The van der Waals surface area contributed by atoms with E-state index in [-0.39, 0.29) is 49.2 Å². The summed E-state index contributed by atoms with van der Waals surface area (Å²) in [5.41, 5.74) is 6.83. The molecule has 24 nitrogen and oxygen atoms in total. The molecule has 123 heavy (non-hydrogen) atoms. The molecule has 3 atom stereocenters. The van der Waals surface area contributed by atoms with Gasteiger partial charge in [-0.25, -0.2) is 45.7 Å². The first-order valence-electron chi connectivity index (χ1n) is 43.3. The zero-order valence-electron chi connectivity index (χ0n) is 71.8. The number of benzene rings is 3. The number of rotatable bonds is 26. The second kappa shape index (κ2) is 34.3. The van der Waals surface area contributed by atoms with Crippen molar-refractivity contribution in [3.05, 3.63) is 213 Å². The SMILES string of the molecule is CC(C)C1CN(C)CCN1Cc1cc(C(=O)Nc2cccc(C3(Cc4nncn4C)CC(F)(F)C3)c2)nc(C2CC2)c1.CC(C)C1CN(C)CCN1Cc1cc(C(=O)Nc2cccc(C3([C@@H](F)c4nncn4C)CC(F)(F)C3)c2)nc(C2CC2)c1.Cn1cnnc1CC1(c2cccc(NC(=O)c3cc(CN4CC(C)(O)C4)cc(C4CC4)n3)c2)CC(F)(F)C1. The number of halogens is 7. The molecule has 18 rings (SSSR count). The molecule has 3 amide bonds. The smallest absolute Gasteiger partial charge is 0.274 e. The summed E-state index contributed by atoms with van der Waals surface area (Å²) in [6, 6.07) is 33.9. The van der Waals surface area contributed by atoms with Crippen LogP contribution in [0.25, 0.3) is 0 Å². The molecule has 3 aromatic carbocycles. The van der Waals surface area contributed by atoms with Gasteiger partial charge in [-0.1, -0.05) is 64.1 Å². The Balaban J connectivity index is 0.000000137. The summed E-state index contributed by atoms with van der Waals surface area (Å²) in [4.78, 5) is 66.5. The van der Waals surface area contributed by atoms with Crippen LogP contribution in [0.3, 0.4) is 0 Å². The van der Waals surface area contributed by atoms with Crippen molar-refractivity contribution in [1.82, 2.24) is 83.7 Å². The average Bonchev–Trinajstić information content (AvgIpc) is 1.67. The van der Waals surface area contributed by atoms with Crippen LogP contribution in [-0.4, -0.2) is 208 Å². The molecule has 6 saturated carbocycles. The van der Waals surface area contributed by atoms with Crippen molar-refractivity contribution in [2.45, 2.75) is 220 Å². The van der Waals surface area contributed by atoms with Crippen molar-refractivity contribution in [1.29, 1.82) is 0 Å². The zero-order valence-corrected chi connectivity index (χ0v) is 71.8. The number of β-amino-alcohol motifs (C(OH)–C–C–N with tert-alkyl or cyclic N) is 1. The number of carbonyl (C=O) groups is 3. The van der Waals surface area contributed by atoms with E-state index < -0.39 is 58.6 Å². The number of nitrogens with one attached hydrogen (secondary N) is 3. The Morgan fingerprint density at radius 2 is 0.821 bits per heavy atom. The van der Waals surface area contributed by atoms with Gasteiger partial charge < -0.3 is 44.6 Å². The van der Waals surface area contributed by atoms with Crippen molar-refractivity contribution >= 4 is 34.8 Å². The number of carbonyl (C=O) groups excluding carboxylic acids is 3. The first-order valence-corrected chi connectivity index (χ1v) is 43.3. The number of likely N-dealkylation sites (tertiary alicyclic amines) is 1. The van der Waals surface area contributed by atoms with Crippen LogP contribution < -0.4 is 16.0 Å².